The molecular weight excluding hydrogens is 298 g/mol. The number of hydrogen-bond acceptors (Lipinski definition) is 6. The van der Waals surface area contributed by atoms with Crippen molar-refractivity contribution in [1.82, 2.24) is 9.78 Å². The molecule has 8 heteroatoms. The molecule has 1 aliphatic heterocycles. The van der Waals surface area contributed by atoms with Crippen molar-refractivity contribution in [2.24, 2.45) is 7.05 Å². The molecule has 1 fully saturated rings. The molecule has 2 aromatic rings. The third-order valence-corrected chi connectivity index (χ3v) is 3.83. The summed E-state index contributed by atoms with van der Waals surface area (Å²) < 4.78 is 7.50. The highest BCUT2D eigenvalue weighted by molar-refractivity contribution is 5.60. The maximum absolute atomic E-state index is 10.9. The van der Waals surface area contributed by atoms with Gasteiger partial charge in [-0.3, -0.25) is 14.8 Å². The second-order valence-electron chi connectivity index (χ2n) is 5.32. The topological polar surface area (TPSA) is 97.2 Å². The molecule has 118 valence electrons. The Morgan fingerprint density at radius 2 is 2.35 bits per heavy atom. The van der Waals surface area contributed by atoms with Crippen LogP contribution in [0.5, 0.6) is 0 Å². The van der Waals surface area contributed by atoms with Crippen LogP contribution in [0.2, 0.25) is 0 Å². The molecule has 1 atom stereocenters. The van der Waals surface area contributed by atoms with Crippen LogP contribution in [-0.2, 0) is 11.8 Å². The quantitative estimate of drug-likeness (QED) is 0.633. The molecule has 0 unspecified atom stereocenters. The molecule has 0 amide bonds. The molecule has 0 N–H and O–H groups in total. The minimum atomic E-state index is -0.542. The molecule has 0 aliphatic carbocycles. The largest absolute Gasteiger partial charge is 0.370 e. The smallest absolute Gasteiger partial charge is 0.287 e. The van der Waals surface area contributed by atoms with E-state index in [2.05, 4.69) is 10.00 Å². The second kappa shape index (κ2) is 6.06. The lowest BCUT2D eigenvalue weighted by molar-refractivity contribution is -0.385. The van der Waals surface area contributed by atoms with Crippen molar-refractivity contribution in [2.75, 3.05) is 24.6 Å². The van der Waals surface area contributed by atoms with Gasteiger partial charge in [0.15, 0.2) is 0 Å². The second-order valence-corrected chi connectivity index (χ2v) is 5.32. The fourth-order valence-corrected chi connectivity index (χ4v) is 2.66. The summed E-state index contributed by atoms with van der Waals surface area (Å²) in [5.41, 5.74) is 1.66. The molecule has 0 bridgehead atoms. The van der Waals surface area contributed by atoms with Gasteiger partial charge in [-0.1, -0.05) is 0 Å². The molecule has 0 saturated carbocycles. The maximum Gasteiger partial charge on any atom is 0.287 e. The number of nitrogens with zero attached hydrogens (tertiary/aromatic N) is 5. The van der Waals surface area contributed by atoms with E-state index in [1.165, 1.54) is 6.07 Å². The van der Waals surface area contributed by atoms with Crippen LogP contribution in [0.4, 0.5) is 11.4 Å². The van der Waals surface area contributed by atoms with Gasteiger partial charge in [-0.05, 0) is 12.1 Å². The molecular formula is C15H15N5O3. The number of ether oxygens (including phenoxy) is 1. The van der Waals surface area contributed by atoms with E-state index in [0.29, 0.717) is 19.7 Å². The highest BCUT2D eigenvalue weighted by Crippen LogP contribution is 2.29. The molecule has 2 heterocycles. The van der Waals surface area contributed by atoms with Crippen molar-refractivity contribution in [3.63, 3.8) is 0 Å². The molecule has 8 nitrogen and oxygen atoms in total. The summed E-state index contributed by atoms with van der Waals surface area (Å²) in [6, 6.07) is 6.50. The van der Waals surface area contributed by atoms with E-state index >= 15 is 0 Å². The first-order valence-corrected chi connectivity index (χ1v) is 7.12. The lowest BCUT2D eigenvalue weighted by Crippen LogP contribution is -2.38. The van der Waals surface area contributed by atoms with E-state index in [4.69, 9.17) is 10.00 Å². The lowest BCUT2D eigenvalue weighted by Gasteiger charge is -2.34. The predicted octanol–water partition coefficient (Wildman–Crippen LogP) is 1.78. The Hall–Kier alpha value is -2.92. The number of rotatable bonds is 3. The Kier molecular flexibility index (Phi) is 3.95. The van der Waals surface area contributed by atoms with Crippen molar-refractivity contribution in [3.8, 4) is 6.07 Å². The third-order valence-electron chi connectivity index (χ3n) is 3.83. The Morgan fingerprint density at radius 1 is 1.52 bits per heavy atom. The van der Waals surface area contributed by atoms with Crippen molar-refractivity contribution in [1.29, 1.82) is 5.26 Å². The van der Waals surface area contributed by atoms with Gasteiger partial charge in [-0.25, -0.2) is 0 Å². The molecule has 0 radical (unpaired) electrons. The Labute approximate surface area is 132 Å². The first kappa shape index (κ1) is 15.0. The minimum absolute atomic E-state index is 0.0666. The van der Waals surface area contributed by atoms with Gasteiger partial charge in [0, 0.05) is 43.7 Å². The third kappa shape index (κ3) is 3.00. The molecule has 1 aromatic heterocycles. The monoisotopic (exact) mass is 313 g/mol. The number of nitro benzene ring substituents is 1. The number of morpholine rings is 1. The summed E-state index contributed by atoms with van der Waals surface area (Å²) >= 11 is 0. The summed E-state index contributed by atoms with van der Waals surface area (Å²) in [5.74, 6) is 0. The van der Waals surface area contributed by atoms with Crippen LogP contribution in [0.25, 0.3) is 0 Å². The Morgan fingerprint density at radius 3 is 3.00 bits per heavy atom. The van der Waals surface area contributed by atoms with Gasteiger partial charge in [0.2, 0.25) is 0 Å². The molecule has 1 aromatic carbocycles. The number of nitro groups is 1. The molecule has 3 rings (SSSR count). The van der Waals surface area contributed by atoms with E-state index in [-0.39, 0.29) is 17.4 Å². The first-order valence-electron chi connectivity index (χ1n) is 7.12. The number of anilines is 1. The van der Waals surface area contributed by atoms with Gasteiger partial charge in [-0.15, -0.1) is 0 Å². The summed E-state index contributed by atoms with van der Waals surface area (Å²) in [4.78, 5) is 12.4. The average Bonchev–Trinajstić information content (AvgIpc) is 3.01. The molecule has 0 spiro atoms. The molecule has 23 heavy (non-hydrogen) atoms. The van der Waals surface area contributed by atoms with Crippen molar-refractivity contribution in [3.05, 3.63) is 51.8 Å². The van der Waals surface area contributed by atoms with Crippen LogP contribution in [-0.4, -0.2) is 34.4 Å². The maximum atomic E-state index is 10.9. The van der Waals surface area contributed by atoms with E-state index in [9.17, 15) is 10.1 Å². The van der Waals surface area contributed by atoms with Gasteiger partial charge >= 0.3 is 0 Å². The highest BCUT2D eigenvalue weighted by atomic mass is 16.6. The fourth-order valence-electron chi connectivity index (χ4n) is 2.66. The van der Waals surface area contributed by atoms with E-state index in [1.54, 1.807) is 23.0 Å². The average molecular weight is 313 g/mol. The summed E-state index contributed by atoms with van der Waals surface area (Å²) in [6.45, 7) is 1.81. The van der Waals surface area contributed by atoms with Gasteiger partial charge in [0.05, 0.1) is 17.7 Å². The lowest BCUT2D eigenvalue weighted by atomic mass is 10.1. The SMILES string of the molecule is Cn1cc([C@@H]2CN(c3ccc([N+](=O)[O-])c(C#N)c3)CCO2)cn1. The van der Waals surface area contributed by atoms with E-state index < -0.39 is 4.92 Å². The normalized spacial score (nSPS) is 17.7. The summed E-state index contributed by atoms with van der Waals surface area (Å²) in [5, 5.41) is 24.2. The van der Waals surface area contributed by atoms with Crippen LogP contribution in [0.1, 0.15) is 17.2 Å². The number of aryl methyl sites for hydroxylation is 1. The van der Waals surface area contributed by atoms with Crippen LogP contribution < -0.4 is 4.90 Å². The Bertz CT molecular complexity index is 780. The van der Waals surface area contributed by atoms with Gasteiger partial charge in [0.25, 0.3) is 5.69 Å². The van der Waals surface area contributed by atoms with Crippen LogP contribution in [0.3, 0.4) is 0 Å². The van der Waals surface area contributed by atoms with Gasteiger partial charge in [-0.2, -0.15) is 10.4 Å². The predicted molar refractivity (Wildman–Crippen MR) is 81.9 cm³/mol. The molecule has 1 aliphatic rings. The van der Waals surface area contributed by atoms with Gasteiger partial charge < -0.3 is 9.64 Å². The highest BCUT2D eigenvalue weighted by Gasteiger charge is 2.24. The zero-order chi connectivity index (χ0) is 16.4. The number of hydrogen-bond donors (Lipinski definition) is 0. The van der Waals surface area contributed by atoms with Crippen molar-refractivity contribution < 1.29 is 9.66 Å². The zero-order valence-electron chi connectivity index (χ0n) is 12.5. The molecule has 1 saturated heterocycles. The van der Waals surface area contributed by atoms with Crippen LogP contribution in [0.15, 0.2) is 30.6 Å². The van der Waals surface area contributed by atoms with Crippen LogP contribution >= 0.6 is 0 Å². The fraction of sp³-hybridized carbons (Fsp3) is 0.333. The number of benzene rings is 1. The minimum Gasteiger partial charge on any atom is -0.370 e. The van der Waals surface area contributed by atoms with Crippen molar-refractivity contribution >= 4 is 11.4 Å². The van der Waals surface area contributed by atoms with Crippen molar-refractivity contribution in [2.45, 2.75) is 6.10 Å². The zero-order valence-corrected chi connectivity index (χ0v) is 12.5. The first-order chi connectivity index (χ1) is 11.1. The Balaban J connectivity index is 1.84. The van der Waals surface area contributed by atoms with E-state index in [0.717, 1.165) is 11.3 Å². The summed E-state index contributed by atoms with van der Waals surface area (Å²) in [6.07, 6.45) is 3.56. The summed E-state index contributed by atoms with van der Waals surface area (Å²) in [7, 11) is 1.85. The number of aromatic nitrogens is 2. The standard InChI is InChI=1S/C15H15N5O3/c1-18-9-12(8-17-18)15-10-19(4-5-23-15)13-2-3-14(20(21)22)11(6-13)7-16/h2-3,6,8-9,15H,4-5,10H2,1H3/t15-/m0/s1. The van der Waals surface area contributed by atoms with E-state index in [1.807, 2.05) is 19.3 Å². The van der Waals surface area contributed by atoms with Gasteiger partial charge in [0.1, 0.15) is 17.7 Å². The van der Waals surface area contributed by atoms with Crippen LogP contribution in [0, 0.1) is 21.4 Å². The number of nitriles is 1.